The normalized spacial score (nSPS) is 13.4. The molecule has 0 radical (unpaired) electrons. The summed E-state index contributed by atoms with van der Waals surface area (Å²) >= 11 is 0. The summed E-state index contributed by atoms with van der Waals surface area (Å²) in [6, 6.07) is 63.2. The highest BCUT2D eigenvalue weighted by Gasteiger charge is 2.47. The smallest absolute Gasteiger partial charge is 0.257 e. The molecule has 354 valence electrons. The molecule has 2 aliphatic heterocycles. The number of nitrogens with zero attached hydrogens (tertiary/aromatic N) is 2. The van der Waals surface area contributed by atoms with Crippen LogP contribution in [0.3, 0.4) is 0 Å². The van der Waals surface area contributed by atoms with Crippen molar-refractivity contribution >= 4 is 101 Å². The van der Waals surface area contributed by atoms with Gasteiger partial charge < -0.3 is 22.6 Å². The van der Waals surface area contributed by atoms with E-state index in [1.54, 1.807) is 0 Å². The van der Waals surface area contributed by atoms with Crippen LogP contribution in [0, 0.1) is 13.8 Å². The van der Waals surface area contributed by atoms with E-state index in [-0.39, 0.29) is 17.5 Å². The second kappa shape index (κ2) is 15.5. The van der Waals surface area contributed by atoms with Crippen molar-refractivity contribution in [2.24, 2.45) is 0 Å². The van der Waals surface area contributed by atoms with Gasteiger partial charge in [-0.1, -0.05) is 126 Å². The van der Waals surface area contributed by atoms with E-state index in [4.69, 9.17) is 17.7 Å². The van der Waals surface area contributed by atoms with Gasteiger partial charge in [0.15, 0.2) is 0 Å². The van der Waals surface area contributed by atoms with Crippen LogP contribution in [0.2, 0.25) is 0 Å². The topological polar surface area (TPSA) is 59.0 Å². The van der Waals surface area contributed by atoms with Crippen LogP contribution in [-0.4, -0.2) is 6.71 Å². The summed E-state index contributed by atoms with van der Waals surface area (Å²) in [4.78, 5) is 4.94. The van der Waals surface area contributed by atoms with Gasteiger partial charge in [0.05, 0.1) is 5.69 Å². The minimum atomic E-state index is -0.226. The molecule has 6 nitrogen and oxygen atoms in total. The minimum Gasteiger partial charge on any atom is -0.456 e. The molecule has 7 heteroatoms. The Hall–Kier alpha value is -8.42. The molecule has 0 saturated carbocycles. The number of hydrogen-bond donors (Lipinski definition) is 0. The summed E-state index contributed by atoms with van der Waals surface area (Å²) < 4.78 is 27.1. The van der Waals surface area contributed by atoms with Crippen molar-refractivity contribution in [3.05, 3.63) is 198 Å². The molecule has 2 aliphatic rings. The molecule has 73 heavy (non-hydrogen) atoms. The van der Waals surface area contributed by atoms with Crippen LogP contribution in [-0.2, 0) is 10.8 Å². The van der Waals surface area contributed by atoms with Crippen molar-refractivity contribution in [1.82, 2.24) is 0 Å². The van der Waals surface area contributed by atoms with Gasteiger partial charge in [0.25, 0.3) is 6.71 Å². The average molecular weight is 949 g/mol. The number of rotatable bonds is 5. The lowest BCUT2D eigenvalue weighted by atomic mass is 9.33. The molecule has 0 bridgehead atoms. The predicted molar refractivity (Wildman–Crippen MR) is 303 cm³/mol. The zero-order valence-electron chi connectivity index (χ0n) is 42.3. The van der Waals surface area contributed by atoms with E-state index in [9.17, 15) is 0 Å². The Labute approximate surface area is 425 Å². The van der Waals surface area contributed by atoms with E-state index in [1.165, 1.54) is 22.1 Å². The van der Waals surface area contributed by atoms with Crippen molar-refractivity contribution in [3.63, 3.8) is 0 Å². The van der Waals surface area contributed by atoms with Crippen LogP contribution >= 0.6 is 0 Å². The second-order valence-electron chi connectivity index (χ2n) is 22.3. The lowest BCUT2D eigenvalue weighted by Gasteiger charge is -2.44. The fraction of sp³-hybridized carbons (Fsp3) is 0.152. The molecule has 0 unspecified atom stereocenters. The molecule has 6 heterocycles. The number of hydrogen-bond acceptors (Lipinski definition) is 6. The Bertz CT molecular complexity index is 4120. The number of para-hydroxylation sites is 3. The van der Waals surface area contributed by atoms with E-state index in [0.717, 1.165) is 129 Å². The summed E-state index contributed by atoms with van der Waals surface area (Å²) in [7, 11) is 0. The maximum atomic E-state index is 7.38. The zero-order valence-corrected chi connectivity index (χ0v) is 42.3. The van der Waals surface area contributed by atoms with Gasteiger partial charge in [-0.2, -0.15) is 0 Å². The second-order valence-corrected chi connectivity index (χ2v) is 22.3. The Morgan fingerprint density at radius 3 is 1.52 bits per heavy atom. The van der Waals surface area contributed by atoms with Crippen molar-refractivity contribution in [3.8, 4) is 34.0 Å². The quantitative estimate of drug-likeness (QED) is 0.160. The maximum absolute atomic E-state index is 7.38. The van der Waals surface area contributed by atoms with Gasteiger partial charge in [0.2, 0.25) is 5.88 Å². The molecule has 0 atom stereocenters. The van der Waals surface area contributed by atoms with Gasteiger partial charge in [0.1, 0.15) is 39.6 Å². The van der Waals surface area contributed by atoms with Gasteiger partial charge in [-0.05, 0) is 149 Å². The van der Waals surface area contributed by atoms with Crippen molar-refractivity contribution in [2.75, 3.05) is 9.80 Å². The Morgan fingerprint density at radius 2 is 0.945 bits per heavy atom. The third-order valence-electron chi connectivity index (χ3n) is 15.4. The predicted octanol–water partition coefficient (Wildman–Crippen LogP) is 17.0. The summed E-state index contributed by atoms with van der Waals surface area (Å²) in [6.07, 6.45) is 0. The average Bonchev–Trinajstić information content (AvgIpc) is 4.20. The fourth-order valence-corrected chi connectivity index (χ4v) is 11.7. The highest BCUT2D eigenvalue weighted by Crippen LogP contribution is 2.51. The number of aryl methyl sites for hydroxylation is 2. The largest absolute Gasteiger partial charge is 0.456 e. The summed E-state index contributed by atoms with van der Waals surface area (Å²) in [5, 5.41) is 4.35. The monoisotopic (exact) mass is 948 g/mol. The molecule has 0 N–H and O–H groups in total. The molecule has 0 fully saturated rings. The first-order chi connectivity index (χ1) is 35.2. The van der Waals surface area contributed by atoms with Crippen LogP contribution < -0.4 is 26.2 Å². The van der Waals surface area contributed by atoms with Gasteiger partial charge in [0, 0.05) is 66.4 Å². The molecule has 0 aliphatic carbocycles. The van der Waals surface area contributed by atoms with Crippen LogP contribution in [0.1, 0.15) is 63.8 Å². The molecule has 8 aromatic carbocycles. The Kier molecular flexibility index (Phi) is 9.24. The van der Waals surface area contributed by atoms with Gasteiger partial charge in [-0.15, -0.1) is 0 Å². The maximum Gasteiger partial charge on any atom is 0.257 e. The highest BCUT2D eigenvalue weighted by molar-refractivity contribution is 7.01. The molecule has 4 aromatic heterocycles. The zero-order chi connectivity index (χ0) is 49.7. The van der Waals surface area contributed by atoms with E-state index >= 15 is 0 Å². The van der Waals surface area contributed by atoms with Crippen LogP contribution in [0.5, 0.6) is 0 Å². The van der Waals surface area contributed by atoms with Crippen LogP contribution in [0.15, 0.2) is 194 Å². The molecular weight excluding hydrogens is 896 g/mol. The van der Waals surface area contributed by atoms with Crippen LogP contribution in [0.4, 0.5) is 34.3 Å². The van der Waals surface area contributed by atoms with E-state index < -0.39 is 0 Å². The molecule has 14 rings (SSSR count). The lowest BCUT2D eigenvalue weighted by Crippen LogP contribution is -2.61. The molecule has 0 amide bonds. The van der Waals surface area contributed by atoms with Crippen molar-refractivity contribution < 1.29 is 17.7 Å². The van der Waals surface area contributed by atoms with Crippen molar-refractivity contribution in [1.29, 1.82) is 0 Å². The van der Waals surface area contributed by atoms with E-state index in [2.05, 4.69) is 205 Å². The van der Waals surface area contributed by atoms with E-state index in [0.29, 0.717) is 0 Å². The minimum absolute atomic E-state index is 0.0926. The first kappa shape index (κ1) is 43.4. The molecule has 0 saturated heterocycles. The van der Waals surface area contributed by atoms with Gasteiger partial charge >= 0.3 is 0 Å². The van der Waals surface area contributed by atoms with Crippen LogP contribution in [0.25, 0.3) is 77.8 Å². The summed E-state index contributed by atoms with van der Waals surface area (Å²) in [5.74, 6) is 3.34. The Morgan fingerprint density at radius 1 is 0.397 bits per heavy atom. The lowest BCUT2D eigenvalue weighted by molar-refractivity contribution is 0.588. The number of furan rings is 4. The summed E-state index contributed by atoms with van der Waals surface area (Å²) in [6.45, 7) is 18.1. The fourth-order valence-electron chi connectivity index (χ4n) is 11.7. The highest BCUT2D eigenvalue weighted by atomic mass is 16.4. The third kappa shape index (κ3) is 6.78. The van der Waals surface area contributed by atoms with E-state index in [1.807, 2.05) is 36.4 Å². The SMILES string of the molecule is Cc1cc(-c2cc3ccccc3o2)cc(C)c1N1c2cc(C(C)(C)C)cc3c2B(c2ccc(-c4cc5ccccc5o4)cc2N3c2cccc(-c3cc4ccccc4o3)c2)c2c1oc1ccc(C(C)(C)C)cc21. The van der Waals surface area contributed by atoms with Gasteiger partial charge in [-0.25, -0.2) is 0 Å². The summed E-state index contributed by atoms with van der Waals surface area (Å²) in [5.41, 5.74) is 19.9. The van der Waals surface area contributed by atoms with Crippen molar-refractivity contribution in [2.45, 2.75) is 66.2 Å². The van der Waals surface area contributed by atoms with Gasteiger partial charge in [-0.3, -0.25) is 4.90 Å². The third-order valence-corrected chi connectivity index (χ3v) is 15.4. The molecule has 12 aromatic rings. The Balaban J connectivity index is 1.07. The molecule has 0 spiro atoms. The number of fused-ring (bicyclic) bond motifs is 9. The first-order valence-electron chi connectivity index (χ1n) is 25.4. The number of benzene rings is 8. The standard InChI is InChI=1S/C66H53BN2O4/c1-38-28-45(60-34-43-18-11-14-23-56(43)72-60)29-39(2)63(38)69-53-37-47(66(6,7)8)36-52-62(53)67(61-49-35-46(65(3,4)5)25-27-57(49)73-64(61)69)50-26-24-44(59-33-42-17-10-13-22-55(42)71-59)31-51(50)68(52)48-20-15-19-40(30-48)58-32-41-16-9-12-21-54(41)70-58/h9-37H,1-8H3. The number of anilines is 6. The molecular formula is C66H53BN2O4. The first-order valence-corrected chi connectivity index (χ1v) is 25.4.